The van der Waals surface area contributed by atoms with Gasteiger partial charge >= 0.3 is 0 Å². The number of nitrogens with one attached hydrogen (secondary N) is 2. The second kappa shape index (κ2) is 4.85. The molecule has 1 heterocycles. The van der Waals surface area contributed by atoms with E-state index in [4.69, 9.17) is 5.11 Å². The van der Waals surface area contributed by atoms with E-state index < -0.39 is 0 Å². The molecule has 1 saturated carbocycles. The van der Waals surface area contributed by atoms with Gasteiger partial charge in [0.1, 0.15) is 0 Å². The fourth-order valence-corrected chi connectivity index (χ4v) is 2.84. The van der Waals surface area contributed by atoms with E-state index in [2.05, 4.69) is 10.6 Å². The summed E-state index contributed by atoms with van der Waals surface area (Å²) in [6, 6.07) is 7.98. The third-order valence-corrected chi connectivity index (χ3v) is 4.39. The van der Waals surface area contributed by atoms with Gasteiger partial charge in [0.2, 0.25) is 5.91 Å². The summed E-state index contributed by atoms with van der Waals surface area (Å²) in [5.74, 6) is 0.0165. The topological polar surface area (TPSA) is 61.4 Å². The highest BCUT2D eigenvalue weighted by molar-refractivity contribution is 5.88. The number of para-hydroxylation sites is 1. The summed E-state index contributed by atoms with van der Waals surface area (Å²) in [7, 11) is 0. The first-order chi connectivity index (χ1) is 9.24. The lowest BCUT2D eigenvalue weighted by atomic mass is 9.99. The second-order valence-corrected chi connectivity index (χ2v) is 5.71. The minimum Gasteiger partial charge on any atom is -0.396 e. The molecule has 0 bridgehead atoms. The second-order valence-electron chi connectivity index (χ2n) is 5.71. The summed E-state index contributed by atoms with van der Waals surface area (Å²) in [5, 5.41) is 15.4. The Labute approximate surface area is 113 Å². The van der Waals surface area contributed by atoms with Crippen molar-refractivity contribution < 1.29 is 9.90 Å². The third kappa shape index (κ3) is 2.45. The van der Waals surface area contributed by atoms with E-state index in [-0.39, 0.29) is 23.8 Å². The van der Waals surface area contributed by atoms with Crippen molar-refractivity contribution in [1.82, 2.24) is 5.32 Å². The number of amides is 1. The number of rotatable bonds is 5. The van der Waals surface area contributed by atoms with Gasteiger partial charge in [-0.1, -0.05) is 18.2 Å². The molecule has 1 aromatic carbocycles. The number of hydrogen-bond acceptors (Lipinski definition) is 3. The van der Waals surface area contributed by atoms with E-state index >= 15 is 0 Å². The van der Waals surface area contributed by atoms with Crippen LogP contribution in [0.1, 0.15) is 30.7 Å². The third-order valence-electron chi connectivity index (χ3n) is 4.39. The van der Waals surface area contributed by atoms with Gasteiger partial charge < -0.3 is 15.7 Å². The van der Waals surface area contributed by atoms with Gasteiger partial charge in [-0.15, -0.1) is 0 Å². The Morgan fingerprint density at radius 1 is 1.42 bits per heavy atom. The zero-order valence-corrected chi connectivity index (χ0v) is 11.0. The molecule has 0 aromatic heterocycles. The largest absolute Gasteiger partial charge is 0.396 e. The molecule has 1 aromatic rings. The highest BCUT2D eigenvalue weighted by atomic mass is 16.3. The number of aliphatic hydroxyl groups excluding tert-OH is 1. The smallest absolute Gasteiger partial charge is 0.229 e. The van der Waals surface area contributed by atoms with Gasteiger partial charge in [0.05, 0.1) is 5.92 Å². The number of carbonyl (C=O) groups is 1. The van der Waals surface area contributed by atoms with Crippen LogP contribution < -0.4 is 10.6 Å². The van der Waals surface area contributed by atoms with Crippen LogP contribution in [0.15, 0.2) is 24.3 Å². The quantitative estimate of drug-likeness (QED) is 0.751. The lowest BCUT2D eigenvalue weighted by Gasteiger charge is -2.17. The van der Waals surface area contributed by atoms with Gasteiger partial charge in [-0.2, -0.15) is 0 Å². The Kier molecular flexibility index (Phi) is 3.19. The van der Waals surface area contributed by atoms with Crippen LogP contribution in [-0.2, 0) is 4.79 Å². The highest BCUT2D eigenvalue weighted by Crippen LogP contribution is 2.48. The summed E-state index contributed by atoms with van der Waals surface area (Å²) < 4.78 is 0. The number of hydrogen-bond donors (Lipinski definition) is 3. The first-order valence-electron chi connectivity index (χ1n) is 6.95. The molecule has 3 N–H and O–H groups in total. The molecule has 102 valence electrons. The van der Waals surface area contributed by atoms with Gasteiger partial charge in [0.25, 0.3) is 0 Å². The Morgan fingerprint density at radius 2 is 2.21 bits per heavy atom. The van der Waals surface area contributed by atoms with Gasteiger partial charge in [0, 0.05) is 25.4 Å². The average molecular weight is 260 g/mol. The number of aliphatic hydroxyl groups is 1. The molecule has 0 spiro atoms. The van der Waals surface area contributed by atoms with Crippen LogP contribution in [-0.4, -0.2) is 30.7 Å². The van der Waals surface area contributed by atoms with Crippen molar-refractivity contribution in [2.45, 2.75) is 25.2 Å². The van der Waals surface area contributed by atoms with Crippen molar-refractivity contribution >= 4 is 11.6 Å². The SMILES string of the molecule is O=C(NCC1(CCO)CC1)C1CNc2ccccc21. The molecule has 19 heavy (non-hydrogen) atoms. The molecule has 4 heteroatoms. The van der Waals surface area contributed by atoms with Crippen molar-refractivity contribution in [2.75, 3.05) is 25.0 Å². The molecule has 1 atom stereocenters. The monoisotopic (exact) mass is 260 g/mol. The molecule has 4 nitrogen and oxygen atoms in total. The Hall–Kier alpha value is -1.55. The lowest BCUT2D eigenvalue weighted by molar-refractivity contribution is -0.122. The maximum atomic E-state index is 12.3. The van der Waals surface area contributed by atoms with Crippen molar-refractivity contribution in [2.24, 2.45) is 5.41 Å². The summed E-state index contributed by atoms with van der Waals surface area (Å²) in [6.45, 7) is 1.59. The van der Waals surface area contributed by atoms with Crippen LogP contribution in [0.4, 0.5) is 5.69 Å². The first-order valence-corrected chi connectivity index (χ1v) is 6.95. The fourth-order valence-electron chi connectivity index (χ4n) is 2.84. The maximum Gasteiger partial charge on any atom is 0.229 e. The van der Waals surface area contributed by atoms with E-state index in [1.165, 1.54) is 0 Å². The molecule has 1 aliphatic heterocycles. The van der Waals surface area contributed by atoms with Crippen molar-refractivity contribution in [3.05, 3.63) is 29.8 Å². The molecule has 1 amide bonds. The molecular weight excluding hydrogens is 240 g/mol. The van der Waals surface area contributed by atoms with Gasteiger partial charge in [-0.25, -0.2) is 0 Å². The zero-order chi connectivity index (χ0) is 13.3. The lowest BCUT2D eigenvalue weighted by Crippen LogP contribution is -2.35. The molecule has 1 aliphatic carbocycles. The molecule has 0 radical (unpaired) electrons. The van der Waals surface area contributed by atoms with Crippen LogP contribution >= 0.6 is 0 Å². The maximum absolute atomic E-state index is 12.3. The summed E-state index contributed by atoms with van der Waals surface area (Å²) in [6.07, 6.45) is 3.04. The van der Waals surface area contributed by atoms with Crippen molar-refractivity contribution in [3.8, 4) is 0 Å². The number of fused-ring (bicyclic) bond motifs is 1. The number of benzene rings is 1. The predicted molar refractivity (Wildman–Crippen MR) is 74.1 cm³/mol. The van der Waals surface area contributed by atoms with E-state index in [0.29, 0.717) is 13.1 Å². The van der Waals surface area contributed by atoms with Crippen LogP contribution in [0.2, 0.25) is 0 Å². The molecule has 1 fully saturated rings. The first kappa shape index (κ1) is 12.5. The summed E-state index contributed by atoms with van der Waals surface area (Å²) >= 11 is 0. The molecule has 1 unspecified atom stereocenters. The summed E-state index contributed by atoms with van der Waals surface area (Å²) in [5.41, 5.74) is 2.34. The number of anilines is 1. The van der Waals surface area contributed by atoms with E-state index in [1.807, 2.05) is 24.3 Å². The van der Waals surface area contributed by atoms with E-state index in [0.717, 1.165) is 30.5 Å². The molecular formula is C15H20N2O2. The van der Waals surface area contributed by atoms with Crippen LogP contribution in [0.25, 0.3) is 0 Å². The van der Waals surface area contributed by atoms with Crippen LogP contribution in [0, 0.1) is 5.41 Å². The molecule has 0 saturated heterocycles. The van der Waals surface area contributed by atoms with Gasteiger partial charge in [-0.05, 0) is 36.3 Å². The minimum atomic E-state index is -0.0823. The Bertz CT molecular complexity index is 483. The normalized spacial score (nSPS) is 22.5. The summed E-state index contributed by atoms with van der Waals surface area (Å²) in [4.78, 5) is 12.3. The fraction of sp³-hybridized carbons (Fsp3) is 0.533. The van der Waals surface area contributed by atoms with Crippen molar-refractivity contribution in [1.29, 1.82) is 0 Å². The van der Waals surface area contributed by atoms with Crippen LogP contribution in [0.3, 0.4) is 0 Å². The standard InChI is InChI=1S/C15H20N2O2/c18-8-7-15(5-6-15)10-17-14(19)12-9-16-13-4-2-1-3-11(12)13/h1-4,12,16,18H,5-10H2,(H,17,19). The Balaban J connectivity index is 1.60. The minimum absolute atomic E-state index is 0.0823. The van der Waals surface area contributed by atoms with Crippen LogP contribution in [0.5, 0.6) is 0 Å². The van der Waals surface area contributed by atoms with Crippen molar-refractivity contribution in [3.63, 3.8) is 0 Å². The highest BCUT2D eigenvalue weighted by Gasteiger charge is 2.42. The van der Waals surface area contributed by atoms with Gasteiger partial charge in [0.15, 0.2) is 0 Å². The van der Waals surface area contributed by atoms with E-state index in [9.17, 15) is 4.79 Å². The average Bonchev–Trinajstić information content (AvgIpc) is 3.05. The zero-order valence-electron chi connectivity index (χ0n) is 11.0. The Morgan fingerprint density at radius 3 is 2.95 bits per heavy atom. The van der Waals surface area contributed by atoms with E-state index in [1.54, 1.807) is 0 Å². The van der Waals surface area contributed by atoms with Gasteiger partial charge in [-0.3, -0.25) is 4.79 Å². The predicted octanol–water partition coefficient (Wildman–Crippen LogP) is 1.47. The molecule has 2 aliphatic rings. The number of carbonyl (C=O) groups excluding carboxylic acids is 1. The molecule has 3 rings (SSSR count).